The van der Waals surface area contributed by atoms with E-state index in [1.165, 1.54) is 72.1 Å². The van der Waals surface area contributed by atoms with Gasteiger partial charge in [-0.15, -0.1) is 0 Å². The molecule has 0 fully saturated rings. The van der Waals surface area contributed by atoms with E-state index < -0.39 is 0 Å². The summed E-state index contributed by atoms with van der Waals surface area (Å²) >= 11 is 0. The summed E-state index contributed by atoms with van der Waals surface area (Å²) in [5.41, 5.74) is 15.8. The van der Waals surface area contributed by atoms with Gasteiger partial charge in [0.15, 0.2) is 0 Å². The molecule has 0 spiro atoms. The first-order valence-corrected chi connectivity index (χ1v) is 20.3. The second-order valence-electron chi connectivity index (χ2n) is 15.8. The summed E-state index contributed by atoms with van der Waals surface area (Å²) in [6, 6.07) is 75.9. The summed E-state index contributed by atoms with van der Waals surface area (Å²) in [5.74, 6) is 0.400. The van der Waals surface area contributed by atoms with E-state index in [1.807, 2.05) is 0 Å². The second-order valence-corrected chi connectivity index (χ2v) is 15.8. The van der Waals surface area contributed by atoms with Crippen molar-refractivity contribution >= 4 is 33.2 Å². The zero-order valence-corrected chi connectivity index (χ0v) is 32.4. The molecule has 0 bridgehead atoms. The van der Waals surface area contributed by atoms with Crippen molar-refractivity contribution in [3.8, 4) is 16.8 Å². The molecule has 0 N–H and O–H groups in total. The van der Waals surface area contributed by atoms with Crippen LogP contribution in [0.2, 0.25) is 0 Å². The number of hydrogen-bond acceptors (Lipinski definition) is 1. The Morgan fingerprint density at radius 3 is 1.78 bits per heavy atom. The summed E-state index contributed by atoms with van der Waals surface area (Å²) in [7, 11) is 0. The van der Waals surface area contributed by atoms with Crippen LogP contribution in [0.4, 0.5) is 11.4 Å². The molecule has 0 aliphatic heterocycles. The summed E-state index contributed by atoms with van der Waals surface area (Å²) in [6.07, 6.45) is 7.38. The Morgan fingerprint density at radius 1 is 0.500 bits per heavy atom. The molecule has 11 rings (SSSR count). The number of aromatic nitrogens is 1. The van der Waals surface area contributed by atoms with Gasteiger partial charge in [0.1, 0.15) is 0 Å². The van der Waals surface area contributed by atoms with Gasteiger partial charge >= 0.3 is 0 Å². The van der Waals surface area contributed by atoms with Crippen LogP contribution in [0.15, 0.2) is 230 Å². The quantitative estimate of drug-likeness (QED) is 0.158. The number of aryl methyl sites for hydroxylation is 1. The van der Waals surface area contributed by atoms with E-state index in [9.17, 15) is 0 Å². The number of anilines is 2. The van der Waals surface area contributed by atoms with E-state index in [4.69, 9.17) is 0 Å². The topological polar surface area (TPSA) is 8.17 Å². The Labute approximate surface area is 340 Å². The maximum Gasteiger partial charge on any atom is 0.0541 e. The lowest BCUT2D eigenvalue weighted by atomic mass is 9.63. The van der Waals surface area contributed by atoms with Gasteiger partial charge in [0.2, 0.25) is 0 Å². The molecule has 8 aromatic carbocycles. The van der Waals surface area contributed by atoms with Crippen molar-refractivity contribution in [2.24, 2.45) is 5.92 Å². The van der Waals surface area contributed by atoms with Gasteiger partial charge < -0.3 is 9.47 Å². The second kappa shape index (κ2) is 13.8. The predicted octanol–water partition coefficient (Wildman–Crippen LogP) is 14.1. The number of allylic oxidation sites excluding steroid dienone is 3. The molecule has 0 saturated heterocycles. The van der Waals surface area contributed by atoms with Crippen molar-refractivity contribution < 1.29 is 0 Å². The average molecular weight is 743 g/mol. The number of nitrogens with zero attached hydrogens (tertiary/aromatic N) is 2. The highest BCUT2D eigenvalue weighted by Crippen LogP contribution is 2.60. The Morgan fingerprint density at radius 2 is 1.07 bits per heavy atom. The van der Waals surface area contributed by atoms with Gasteiger partial charge in [-0.25, -0.2) is 0 Å². The lowest BCUT2D eigenvalue weighted by Crippen LogP contribution is -2.36. The van der Waals surface area contributed by atoms with Gasteiger partial charge in [0, 0.05) is 45.4 Å². The first-order chi connectivity index (χ1) is 28.7. The van der Waals surface area contributed by atoms with Crippen LogP contribution < -0.4 is 4.90 Å². The van der Waals surface area contributed by atoms with Crippen LogP contribution in [0.1, 0.15) is 33.7 Å². The van der Waals surface area contributed by atoms with Gasteiger partial charge in [0.05, 0.1) is 16.4 Å². The van der Waals surface area contributed by atoms with Crippen molar-refractivity contribution in [1.29, 1.82) is 0 Å². The fourth-order valence-electron chi connectivity index (χ4n) is 10.0. The molecule has 0 saturated carbocycles. The molecule has 2 aliphatic carbocycles. The van der Waals surface area contributed by atoms with E-state index in [0.29, 0.717) is 0 Å². The van der Waals surface area contributed by atoms with E-state index in [2.05, 4.69) is 241 Å². The molecule has 0 radical (unpaired) electrons. The van der Waals surface area contributed by atoms with Crippen molar-refractivity contribution in [3.63, 3.8) is 0 Å². The lowest BCUT2D eigenvalue weighted by molar-refractivity contribution is 0.453. The van der Waals surface area contributed by atoms with Gasteiger partial charge in [-0.05, 0) is 101 Å². The molecular formula is C56H42N2. The lowest BCUT2D eigenvalue weighted by Gasteiger charge is -2.40. The zero-order valence-electron chi connectivity index (χ0n) is 32.4. The standard InChI is InChI=1S/C56H42N2/c1-39-25-30-45(31-26-39)57(46-32-27-40(28-33-46)41-29-36-55-51(37-41)50-22-12-14-24-54(50)58(55)44-19-9-4-10-20-44)47-34-35-49-48-21-11-13-23-52(48)56(53(49)38-47,42-15-5-2-6-16-42)43-17-7-3-8-18-43/h2-38,49,53H,1H3. The van der Waals surface area contributed by atoms with Crippen LogP contribution in [0.25, 0.3) is 38.6 Å². The fraction of sp³-hybridized carbons (Fsp3) is 0.0714. The highest BCUT2D eigenvalue weighted by atomic mass is 15.1. The maximum absolute atomic E-state index is 2.56. The largest absolute Gasteiger partial charge is 0.311 e. The number of hydrogen-bond donors (Lipinski definition) is 0. The fourth-order valence-corrected chi connectivity index (χ4v) is 10.0. The molecule has 2 unspecified atom stereocenters. The van der Waals surface area contributed by atoms with Crippen molar-refractivity contribution in [2.45, 2.75) is 18.3 Å². The monoisotopic (exact) mass is 742 g/mol. The molecule has 276 valence electrons. The third-order valence-corrected chi connectivity index (χ3v) is 12.6. The molecule has 2 aliphatic rings. The van der Waals surface area contributed by atoms with Crippen LogP contribution in [0.3, 0.4) is 0 Å². The summed E-state index contributed by atoms with van der Waals surface area (Å²) in [4.78, 5) is 2.44. The van der Waals surface area contributed by atoms with Gasteiger partial charge in [-0.1, -0.05) is 169 Å². The molecule has 1 aromatic heterocycles. The first kappa shape index (κ1) is 34.1. The Balaban J connectivity index is 1.04. The number of fused-ring (bicyclic) bond motifs is 6. The van der Waals surface area contributed by atoms with Crippen LogP contribution in [-0.2, 0) is 5.41 Å². The van der Waals surface area contributed by atoms with Crippen molar-refractivity contribution in [1.82, 2.24) is 4.57 Å². The van der Waals surface area contributed by atoms with Crippen LogP contribution >= 0.6 is 0 Å². The minimum atomic E-state index is -0.356. The highest BCUT2D eigenvalue weighted by Gasteiger charge is 2.53. The molecule has 9 aromatic rings. The van der Waals surface area contributed by atoms with Crippen LogP contribution in [-0.4, -0.2) is 4.57 Å². The maximum atomic E-state index is 2.56. The van der Waals surface area contributed by atoms with Crippen molar-refractivity contribution in [2.75, 3.05) is 4.90 Å². The molecule has 58 heavy (non-hydrogen) atoms. The molecule has 2 atom stereocenters. The van der Waals surface area contributed by atoms with Crippen molar-refractivity contribution in [3.05, 3.63) is 258 Å². The van der Waals surface area contributed by atoms with E-state index in [-0.39, 0.29) is 17.3 Å². The molecule has 2 nitrogen and oxygen atoms in total. The molecule has 1 heterocycles. The Bertz CT molecular complexity index is 2950. The van der Waals surface area contributed by atoms with Crippen LogP contribution in [0.5, 0.6) is 0 Å². The van der Waals surface area contributed by atoms with Gasteiger partial charge in [-0.2, -0.15) is 0 Å². The smallest absolute Gasteiger partial charge is 0.0541 e. The minimum absolute atomic E-state index is 0.159. The van der Waals surface area contributed by atoms with E-state index in [1.54, 1.807) is 0 Å². The Kier molecular flexibility index (Phi) is 8.11. The van der Waals surface area contributed by atoms with E-state index >= 15 is 0 Å². The number of benzene rings is 8. The summed E-state index contributed by atoms with van der Waals surface area (Å²) < 4.78 is 2.38. The first-order valence-electron chi connectivity index (χ1n) is 20.3. The number of para-hydroxylation sites is 2. The minimum Gasteiger partial charge on any atom is -0.311 e. The third-order valence-electron chi connectivity index (χ3n) is 12.6. The molecule has 0 amide bonds. The zero-order chi connectivity index (χ0) is 38.6. The van der Waals surface area contributed by atoms with E-state index in [0.717, 1.165) is 11.4 Å². The van der Waals surface area contributed by atoms with Crippen LogP contribution in [0, 0.1) is 12.8 Å². The summed E-state index contributed by atoms with van der Waals surface area (Å²) in [6.45, 7) is 2.16. The van der Waals surface area contributed by atoms with Gasteiger partial charge in [0.25, 0.3) is 0 Å². The summed E-state index contributed by atoms with van der Waals surface area (Å²) in [5, 5.41) is 2.52. The van der Waals surface area contributed by atoms with Gasteiger partial charge in [-0.3, -0.25) is 0 Å². The highest BCUT2D eigenvalue weighted by molar-refractivity contribution is 6.10. The average Bonchev–Trinajstić information content (AvgIpc) is 3.78. The molecular weight excluding hydrogens is 701 g/mol. The third kappa shape index (κ3) is 5.33. The normalized spacial score (nSPS) is 16.5. The molecule has 2 heteroatoms. The number of rotatable bonds is 7. The SMILES string of the molecule is Cc1ccc(N(C2=CC3C(C=C2)c2ccccc2C3(c2ccccc2)c2ccccc2)c2ccc(-c3ccc4c(c3)c3ccccc3n4-c3ccccc3)cc2)cc1. The Hall–Kier alpha value is -7.16. The predicted molar refractivity (Wildman–Crippen MR) is 242 cm³/mol.